The summed E-state index contributed by atoms with van der Waals surface area (Å²) in [5.41, 5.74) is 0.827. The third-order valence-corrected chi connectivity index (χ3v) is 5.00. The van der Waals surface area contributed by atoms with E-state index in [0.29, 0.717) is 30.3 Å². The van der Waals surface area contributed by atoms with E-state index in [0.717, 1.165) is 28.6 Å². The number of anilines is 1. The lowest BCUT2D eigenvalue weighted by atomic mass is 10.2. The Morgan fingerprint density at radius 1 is 1.26 bits per heavy atom. The SMILES string of the molecule is Cc1c(C(=O)OCC(C)C)sc2ncnc(NCCCCCC(=O)O)c12.Cl. The first-order valence-corrected chi connectivity index (χ1v) is 9.58. The van der Waals surface area contributed by atoms with Gasteiger partial charge in [0, 0.05) is 13.0 Å². The average Bonchev–Trinajstić information content (AvgIpc) is 2.93. The third kappa shape index (κ3) is 6.62. The van der Waals surface area contributed by atoms with Crippen molar-refractivity contribution in [1.82, 2.24) is 9.97 Å². The number of nitrogens with zero attached hydrogens (tertiary/aromatic N) is 2. The van der Waals surface area contributed by atoms with Gasteiger partial charge in [-0.3, -0.25) is 4.79 Å². The Morgan fingerprint density at radius 3 is 2.67 bits per heavy atom. The number of thiophene rings is 1. The number of hydrogen-bond donors (Lipinski definition) is 2. The normalized spacial score (nSPS) is 10.7. The van der Waals surface area contributed by atoms with Crippen LogP contribution in [-0.4, -0.2) is 40.2 Å². The van der Waals surface area contributed by atoms with Gasteiger partial charge in [0.15, 0.2) is 0 Å². The van der Waals surface area contributed by atoms with Crippen LogP contribution in [0, 0.1) is 12.8 Å². The number of carbonyl (C=O) groups is 2. The highest BCUT2D eigenvalue weighted by molar-refractivity contribution is 7.20. The van der Waals surface area contributed by atoms with Gasteiger partial charge in [-0.2, -0.15) is 0 Å². The van der Waals surface area contributed by atoms with E-state index in [1.807, 2.05) is 20.8 Å². The number of hydrogen-bond acceptors (Lipinski definition) is 7. The lowest BCUT2D eigenvalue weighted by Crippen LogP contribution is -2.10. The molecule has 2 aromatic heterocycles. The number of fused-ring (bicyclic) bond motifs is 1. The third-order valence-electron chi connectivity index (χ3n) is 3.82. The van der Waals surface area contributed by atoms with Gasteiger partial charge >= 0.3 is 11.9 Å². The van der Waals surface area contributed by atoms with Crippen molar-refractivity contribution >= 4 is 51.7 Å². The predicted octanol–water partition coefficient (Wildman–Crippen LogP) is 4.29. The predicted molar refractivity (Wildman–Crippen MR) is 109 cm³/mol. The number of esters is 1. The topological polar surface area (TPSA) is 101 Å². The van der Waals surface area contributed by atoms with Gasteiger partial charge in [-0.25, -0.2) is 14.8 Å². The molecule has 2 aromatic rings. The molecule has 0 bridgehead atoms. The number of rotatable bonds is 10. The maximum absolute atomic E-state index is 12.3. The molecule has 0 spiro atoms. The van der Waals surface area contributed by atoms with E-state index >= 15 is 0 Å². The highest BCUT2D eigenvalue weighted by Gasteiger charge is 2.20. The molecule has 0 amide bonds. The summed E-state index contributed by atoms with van der Waals surface area (Å²) in [5.74, 6) is -0.100. The first kappa shape index (κ1) is 23.1. The summed E-state index contributed by atoms with van der Waals surface area (Å²) in [4.78, 5) is 32.7. The molecule has 150 valence electrons. The summed E-state index contributed by atoms with van der Waals surface area (Å²) < 4.78 is 5.34. The second kappa shape index (κ2) is 11.0. The number of aliphatic carboxylic acids is 1. The van der Waals surface area contributed by atoms with E-state index in [4.69, 9.17) is 9.84 Å². The lowest BCUT2D eigenvalue weighted by molar-refractivity contribution is -0.137. The van der Waals surface area contributed by atoms with E-state index in [-0.39, 0.29) is 30.7 Å². The quantitative estimate of drug-likeness (QED) is 0.440. The van der Waals surface area contributed by atoms with Gasteiger partial charge in [0.2, 0.25) is 0 Å². The number of carboxylic acids is 1. The molecule has 0 saturated carbocycles. The summed E-state index contributed by atoms with van der Waals surface area (Å²) in [5, 5.41) is 12.8. The molecule has 0 radical (unpaired) electrons. The lowest BCUT2D eigenvalue weighted by Gasteiger charge is -2.08. The number of carbonyl (C=O) groups excluding carboxylic acids is 1. The van der Waals surface area contributed by atoms with Crippen LogP contribution >= 0.6 is 23.7 Å². The Bertz CT molecular complexity index is 779. The molecule has 0 fully saturated rings. The van der Waals surface area contributed by atoms with Crippen molar-refractivity contribution in [3.63, 3.8) is 0 Å². The van der Waals surface area contributed by atoms with Crippen LogP contribution in [0.5, 0.6) is 0 Å². The number of aromatic nitrogens is 2. The summed E-state index contributed by atoms with van der Waals surface area (Å²) in [6.45, 7) is 6.95. The van der Waals surface area contributed by atoms with Crippen LogP contribution in [-0.2, 0) is 9.53 Å². The number of nitrogens with one attached hydrogen (secondary N) is 1. The van der Waals surface area contributed by atoms with Gasteiger partial charge in [-0.1, -0.05) is 20.3 Å². The molecule has 0 atom stereocenters. The standard InChI is InChI=1S/C18H25N3O4S.ClH/c1-11(2)9-25-18(24)15-12(3)14-16(20-10-21-17(14)26-15)19-8-6-4-5-7-13(22)23;/h10-11H,4-9H2,1-3H3,(H,22,23)(H,19,20,21);1H. The minimum absolute atomic E-state index is 0. The van der Waals surface area contributed by atoms with Gasteiger partial charge in [-0.15, -0.1) is 23.7 Å². The van der Waals surface area contributed by atoms with Crippen LogP contribution < -0.4 is 5.32 Å². The molecule has 0 unspecified atom stereocenters. The smallest absolute Gasteiger partial charge is 0.348 e. The minimum atomic E-state index is -0.763. The average molecular weight is 416 g/mol. The van der Waals surface area contributed by atoms with Crippen molar-refractivity contribution in [3.8, 4) is 0 Å². The molecule has 27 heavy (non-hydrogen) atoms. The fraction of sp³-hybridized carbons (Fsp3) is 0.556. The zero-order valence-electron chi connectivity index (χ0n) is 15.8. The van der Waals surface area contributed by atoms with Crippen molar-refractivity contribution in [2.75, 3.05) is 18.5 Å². The molecule has 7 nitrogen and oxygen atoms in total. The molecule has 2 rings (SSSR count). The second-order valence-corrected chi connectivity index (χ2v) is 7.58. The number of halogens is 1. The Morgan fingerprint density at radius 2 is 2.00 bits per heavy atom. The zero-order chi connectivity index (χ0) is 19.1. The van der Waals surface area contributed by atoms with Crippen LogP contribution in [0.25, 0.3) is 10.2 Å². The highest BCUT2D eigenvalue weighted by Crippen LogP contribution is 2.33. The first-order valence-electron chi connectivity index (χ1n) is 8.77. The molecule has 0 aliphatic heterocycles. The first-order chi connectivity index (χ1) is 12.4. The Hall–Kier alpha value is -1.93. The maximum Gasteiger partial charge on any atom is 0.348 e. The summed E-state index contributed by atoms with van der Waals surface area (Å²) in [6.07, 6.45) is 4.03. The molecule has 2 N–H and O–H groups in total. The van der Waals surface area contributed by atoms with Crippen molar-refractivity contribution in [3.05, 3.63) is 16.8 Å². The molecule has 0 saturated heterocycles. The fourth-order valence-corrected chi connectivity index (χ4v) is 3.54. The largest absolute Gasteiger partial charge is 0.481 e. The van der Waals surface area contributed by atoms with E-state index < -0.39 is 5.97 Å². The summed E-state index contributed by atoms with van der Waals surface area (Å²) >= 11 is 1.32. The van der Waals surface area contributed by atoms with Crippen LogP contribution in [0.2, 0.25) is 0 Å². The molecule has 0 aliphatic rings. The van der Waals surface area contributed by atoms with E-state index in [2.05, 4.69) is 15.3 Å². The number of unbranched alkanes of at least 4 members (excludes halogenated alkanes) is 2. The van der Waals surface area contributed by atoms with Crippen molar-refractivity contribution in [2.24, 2.45) is 5.92 Å². The van der Waals surface area contributed by atoms with Gasteiger partial charge < -0.3 is 15.2 Å². The number of ether oxygens (including phenoxy) is 1. The molecular formula is C18H26ClN3O4S. The summed E-state index contributed by atoms with van der Waals surface area (Å²) in [7, 11) is 0. The van der Waals surface area contributed by atoms with Gasteiger partial charge in [0.1, 0.15) is 21.9 Å². The van der Waals surface area contributed by atoms with Crippen LogP contribution in [0.15, 0.2) is 6.33 Å². The molecular weight excluding hydrogens is 390 g/mol. The van der Waals surface area contributed by atoms with Crippen LogP contribution in [0.4, 0.5) is 5.82 Å². The van der Waals surface area contributed by atoms with E-state index in [1.165, 1.54) is 17.7 Å². The Kier molecular flexibility index (Phi) is 9.45. The van der Waals surface area contributed by atoms with Crippen LogP contribution in [0.3, 0.4) is 0 Å². The Labute approximate surface area is 169 Å². The fourth-order valence-electron chi connectivity index (χ4n) is 2.49. The van der Waals surface area contributed by atoms with Crippen molar-refractivity contribution < 1.29 is 19.4 Å². The molecule has 0 aromatic carbocycles. The van der Waals surface area contributed by atoms with Gasteiger partial charge in [0.05, 0.1) is 12.0 Å². The second-order valence-electron chi connectivity index (χ2n) is 6.58. The van der Waals surface area contributed by atoms with Gasteiger partial charge in [0.25, 0.3) is 0 Å². The van der Waals surface area contributed by atoms with E-state index in [1.54, 1.807) is 0 Å². The van der Waals surface area contributed by atoms with E-state index in [9.17, 15) is 9.59 Å². The summed E-state index contributed by atoms with van der Waals surface area (Å²) in [6, 6.07) is 0. The Balaban J connectivity index is 0.00000364. The molecule has 0 aliphatic carbocycles. The van der Waals surface area contributed by atoms with Crippen molar-refractivity contribution in [1.29, 1.82) is 0 Å². The zero-order valence-corrected chi connectivity index (χ0v) is 17.4. The van der Waals surface area contributed by atoms with Gasteiger partial charge in [-0.05, 0) is 31.2 Å². The highest BCUT2D eigenvalue weighted by atomic mass is 35.5. The number of aryl methyl sites for hydroxylation is 1. The maximum atomic E-state index is 12.3. The van der Waals surface area contributed by atoms with Crippen molar-refractivity contribution in [2.45, 2.75) is 46.5 Å². The number of carboxylic acid groups (broad SMARTS) is 1. The van der Waals surface area contributed by atoms with Crippen LogP contribution in [0.1, 0.15) is 54.8 Å². The molecule has 9 heteroatoms. The molecule has 2 heterocycles. The minimum Gasteiger partial charge on any atom is -0.481 e. The monoisotopic (exact) mass is 415 g/mol.